The summed E-state index contributed by atoms with van der Waals surface area (Å²) < 4.78 is 16.1. The number of allylic oxidation sites excluding steroid dienone is 2. The van der Waals surface area contributed by atoms with Crippen molar-refractivity contribution in [2.75, 3.05) is 0 Å². The largest absolute Gasteiger partial charge is 0.459 e. The summed E-state index contributed by atoms with van der Waals surface area (Å²) in [5.74, 6) is 0.995. The van der Waals surface area contributed by atoms with Gasteiger partial charge in [0, 0.05) is 11.1 Å². The number of hydrogen-bond donors (Lipinski definition) is 0. The molecule has 0 aromatic heterocycles. The number of rotatable bonds is 7. The molecule has 29 heavy (non-hydrogen) atoms. The number of ether oxygens (including phenoxy) is 3. The van der Waals surface area contributed by atoms with E-state index < -0.39 is 11.9 Å². The Bertz CT molecular complexity index is 963. The molecule has 0 atom stereocenters. The molecule has 0 saturated heterocycles. The van der Waals surface area contributed by atoms with E-state index in [9.17, 15) is 9.59 Å². The minimum Gasteiger partial charge on any atom is -0.459 e. The van der Waals surface area contributed by atoms with Gasteiger partial charge >= 0.3 is 11.9 Å². The normalized spacial score (nSPS) is 11.2. The molecule has 2 aromatic rings. The quantitative estimate of drug-likeness (QED) is 0.266. The van der Waals surface area contributed by atoms with Gasteiger partial charge in [-0.3, -0.25) is 0 Å². The van der Waals surface area contributed by atoms with Crippen LogP contribution >= 0.6 is 0 Å². The van der Waals surface area contributed by atoms with E-state index in [0.29, 0.717) is 34.2 Å². The summed E-state index contributed by atoms with van der Waals surface area (Å²) in [6.45, 7) is 13.7. The van der Waals surface area contributed by atoms with Crippen LogP contribution in [0.1, 0.15) is 27.7 Å². The molecule has 0 bridgehead atoms. The topological polar surface area (TPSA) is 61.8 Å². The predicted octanol–water partition coefficient (Wildman–Crippen LogP) is 5.58. The Kier molecular flexibility index (Phi) is 7.15. The smallest absolute Gasteiger partial charge is 0.338 e. The van der Waals surface area contributed by atoms with E-state index in [1.165, 1.54) is 0 Å². The fraction of sp³-hybridized carbons (Fsp3) is 0.167. The Morgan fingerprint density at radius 1 is 0.621 bits per heavy atom. The van der Waals surface area contributed by atoms with Crippen LogP contribution in [0.3, 0.4) is 0 Å². The van der Waals surface area contributed by atoms with Crippen molar-refractivity contribution in [3.8, 4) is 22.6 Å². The Labute approximate surface area is 170 Å². The second-order valence-corrected chi connectivity index (χ2v) is 6.60. The number of carbonyl (C=O) groups excluding carboxylic acids is 2. The summed E-state index contributed by atoms with van der Waals surface area (Å²) in [7, 11) is 0. The summed E-state index contributed by atoms with van der Waals surface area (Å²) in [6.07, 6.45) is 0. The van der Waals surface area contributed by atoms with Crippen LogP contribution in [0, 0.1) is 0 Å². The maximum absolute atomic E-state index is 11.6. The molecule has 0 aliphatic heterocycles. The highest BCUT2D eigenvalue weighted by Crippen LogP contribution is 2.26. The van der Waals surface area contributed by atoms with E-state index in [1.807, 2.05) is 36.4 Å². The molecule has 5 heteroatoms. The summed E-state index contributed by atoms with van der Waals surface area (Å²) in [5.41, 5.74) is 2.60. The first kappa shape index (κ1) is 21.7. The zero-order chi connectivity index (χ0) is 21.6. The summed E-state index contributed by atoms with van der Waals surface area (Å²) in [6, 6.07) is 14.6. The highest BCUT2D eigenvalue weighted by molar-refractivity contribution is 5.89. The lowest BCUT2D eigenvalue weighted by molar-refractivity contribution is -0.135. The molecule has 0 amide bonds. The second-order valence-electron chi connectivity index (χ2n) is 6.60. The van der Waals surface area contributed by atoms with Crippen molar-refractivity contribution in [3.63, 3.8) is 0 Å². The van der Waals surface area contributed by atoms with E-state index in [2.05, 4.69) is 13.2 Å². The van der Waals surface area contributed by atoms with Gasteiger partial charge < -0.3 is 14.2 Å². The molecule has 2 rings (SSSR count). The molecule has 150 valence electrons. The van der Waals surface area contributed by atoms with Crippen molar-refractivity contribution >= 4 is 11.9 Å². The third-order valence-corrected chi connectivity index (χ3v) is 3.96. The number of benzene rings is 2. The van der Waals surface area contributed by atoms with Gasteiger partial charge in [0.05, 0.1) is 0 Å². The maximum Gasteiger partial charge on any atom is 0.338 e. The van der Waals surface area contributed by atoms with E-state index in [0.717, 1.165) is 11.1 Å². The Morgan fingerprint density at radius 3 is 1.45 bits per heavy atom. The lowest BCUT2D eigenvalue weighted by Crippen LogP contribution is -2.07. The van der Waals surface area contributed by atoms with E-state index in [-0.39, 0.29) is 0 Å². The van der Waals surface area contributed by atoms with Crippen molar-refractivity contribution < 1.29 is 23.8 Å². The molecule has 0 saturated carbocycles. The number of hydrogen-bond acceptors (Lipinski definition) is 5. The van der Waals surface area contributed by atoms with Crippen molar-refractivity contribution in [2.24, 2.45) is 0 Å². The standard InChI is InChI=1S/C24H24O5/c1-15(2)23(25)28-18(6)17(5)27-21-11-7-19(8-12-21)20-9-13-22(14-10-20)29-24(26)16(3)4/h7-14H,1,3H2,2,4-6H3. The maximum atomic E-state index is 11.6. The lowest BCUT2D eigenvalue weighted by atomic mass is 10.1. The van der Waals surface area contributed by atoms with Crippen LogP contribution in [-0.2, 0) is 14.3 Å². The molecule has 2 aromatic carbocycles. The summed E-state index contributed by atoms with van der Waals surface area (Å²) >= 11 is 0. The van der Waals surface area contributed by atoms with Gasteiger partial charge in [-0.05, 0) is 63.1 Å². The lowest BCUT2D eigenvalue weighted by Gasteiger charge is -2.11. The Morgan fingerprint density at radius 2 is 1.03 bits per heavy atom. The minimum absolute atomic E-state index is 0.321. The van der Waals surface area contributed by atoms with E-state index in [1.54, 1.807) is 39.8 Å². The van der Waals surface area contributed by atoms with E-state index in [4.69, 9.17) is 14.2 Å². The second kappa shape index (κ2) is 9.55. The SMILES string of the molecule is C=C(C)C(=O)OC(C)=C(C)Oc1ccc(-c2ccc(OC(=O)C(=C)C)cc2)cc1. The number of carbonyl (C=O) groups is 2. The zero-order valence-electron chi connectivity index (χ0n) is 17.1. The van der Waals surface area contributed by atoms with Crippen LogP contribution in [0.5, 0.6) is 11.5 Å². The molecule has 0 unspecified atom stereocenters. The average Bonchev–Trinajstić information content (AvgIpc) is 2.68. The fourth-order valence-electron chi connectivity index (χ4n) is 2.17. The van der Waals surface area contributed by atoms with Gasteiger partial charge in [0.1, 0.15) is 23.0 Å². The predicted molar refractivity (Wildman–Crippen MR) is 112 cm³/mol. The van der Waals surface area contributed by atoms with Crippen LogP contribution in [0.2, 0.25) is 0 Å². The minimum atomic E-state index is -0.488. The first-order chi connectivity index (χ1) is 13.7. The molecule has 0 spiro atoms. The van der Waals surface area contributed by atoms with Crippen LogP contribution in [0.25, 0.3) is 11.1 Å². The van der Waals surface area contributed by atoms with Gasteiger partial charge in [0.2, 0.25) is 0 Å². The summed E-state index contributed by atoms with van der Waals surface area (Å²) in [4.78, 5) is 23.1. The van der Waals surface area contributed by atoms with Crippen molar-refractivity contribution in [1.29, 1.82) is 0 Å². The average molecular weight is 392 g/mol. The van der Waals surface area contributed by atoms with Gasteiger partial charge in [-0.25, -0.2) is 9.59 Å². The molecule has 0 fully saturated rings. The first-order valence-corrected chi connectivity index (χ1v) is 8.98. The monoisotopic (exact) mass is 392 g/mol. The molecule has 0 heterocycles. The third kappa shape index (κ3) is 6.21. The summed E-state index contributed by atoms with van der Waals surface area (Å²) in [5, 5.41) is 0. The zero-order valence-corrected chi connectivity index (χ0v) is 17.1. The van der Waals surface area contributed by atoms with Crippen molar-refractivity contribution in [2.45, 2.75) is 27.7 Å². The molecule has 0 aliphatic carbocycles. The highest BCUT2D eigenvalue weighted by Gasteiger charge is 2.09. The molecular weight excluding hydrogens is 368 g/mol. The van der Waals surface area contributed by atoms with Gasteiger partial charge in [0.25, 0.3) is 0 Å². The Balaban J connectivity index is 2.06. The Hall–Kier alpha value is -3.60. The van der Waals surface area contributed by atoms with Gasteiger partial charge in [-0.1, -0.05) is 37.4 Å². The molecular formula is C24H24O5. The van der Waals surface area contributed by atoms with Gasteiger partial charge in [0.15, 0.2) is 0 Å². The van der Waals surface area contributed by atoms with Crippen molar-refractivity contribution in [1.82, 2.24) is 0 Å². The van der Waals surface area contributed by atoms with Crippen LogP contribution in [0.4, 0.5) is 0 Å². The van der Waals surface area contributed by atoms with Gasteiger partial charge in [-0.15, -0.1) is 0 Å². The van der Waals surface area contributed by atoms with Gasteiger partial charge in [-0.2, -0.15) is 0 Å². The van der Waals surface area contributed by atoms with Crippen LogP contribution in [0.15, 0.2) is 84.4 Å². The first-order valence-electron chi connectivity index (χ1n) is 8.98. The molecule has 0 aliphatic rings. The van der Waals surface area contributed by atoms with Crippen molar-refractivity contribution in [3.05, 3.63) is 84.4 Å². The highest BCUT2D eigenvalue weighted by atomic mass is 16.6. The number of esters is 2. The van der Waals surface area contributed by atoms with Crippen LogP contribution < -0.4 is 9.47 Å². The molecule has 0 radical (unpaired) electrons. The molecule has 0 N–H and O–H groups in total. The molecule has 5 nitrogen and oxygen atoms in total. The van der Waals surface area contributed by atoms with E-state index >= 15 is 0 Å². The third-order valence-electron chi connectivity index (χ3n) is 3.96. The van der Waals surface area contributed by atoms with Crippen LogP contribution in [-0.4, -0.2) is 11.9 Å². The fourth-order valence-corrected chi connectivity index (χ4v) is 2.17.